The second kappa shape index (κ2) is 5.34. The van der Waals surface area contributed by atoms with Crippen LogP contribution in [0, 0.1) is 18.3 Å². The molecule has 0 aliphatic carbocycles. The minimum absolute atomic E-state index is 0.0197. The molecule has 0 saturated heterocycles. The van der Waals surface area contributed by atoms with Crippen LogP contribution >= 0.6 is 0 Å². The lowest BCUT2D eigenvalue weighted by Gasteiger charge is -2.23. The number of nitrogens with zero attached hydrogens (tertiary/aromatic N) is 2. The Kier molecular flexibility index (Phi) is 3.76. The summed E-state index contributed by atoms with van der Waals surface area (Å²) >= 11 is 0. The molecule has 0 N–H and O–H groups in total. The van der Waals surface area contributed by atoms with Crippen molar-refractivity contribution in [1.82, 2.24) is 4.98 Å². The first kappa shape index (κ1) is 14.1. The Hall–Kier alpha value is -2.34. The Morgan fingerprint density at radius 1 is 1.15 bits per heavy atom. The minimum atomic E-state index is -0.0197. The number of hydrogen-bond acceptors (Lipinski definition) is 3. The summed E-state index contributed by atoms with van der Waals surface area (Å²) in [5, 5.41) is 8.88. The topological polar surface area (TPSA) is 45.9 Å². The van der Waals surface area contributed by atoms with Gasteiger partial charge in [0.2, 0.25) is 5.88 Å². The number of pyridine rings is 1. The maximum atomic E-state index is 8.88. The van der Waals surface area contributed by atoms with Gasteiger partial charge in [0.1, 0.15) is 17.5 Å². The van der Waals surface area contributed by atoms with E-state index >= 15 is 0 Å². The molecule has 0 aliphatic heterocycles. The van der Waals surface area contributed by atoms with Crippen molar-refractivity contribution < 1.29 is 4.74 Å². The van der Waals surface area contributed by atoms with Crippen LogP contribution in [0.1, 0.15) is 37.6 Å². The quantitative estimate of drug-likeness (QED) is 0.811. The van der Waals surface area contributed by atoms with Crippen molar-refractivity contribution in [3.05, 3.63) is 53.2 Å². The lowest BCUT2D eigenvalue weighted by molar-refractivity contribution is 0.439. The van der Waals surface area contributed by atoms with E-state index in [2.05, 4.69) is 38.7 Å². The van der Waals surface area contributed by atoms with Crippen molar-refractivity contribution in [3.8, 4) is 17.7 Å². The summed E-state index contributed by atoms with van der Waals surface area (Å²) < 4.78 is 5.87. The Labute approximate surface area is 119 Å². The highest BCUT2D eigenvalue weighted by Crippen LogP contribution is 2.34. The number of aromatic nitrogens is 1. The molecule has 0 bridgehead atoms. The van der Waals surface area contributed by atoms with Crippen molar-refractivity contribution in [2.45, 2.75) is 33.1 Å². The molecule has 3 nitrogen and oxygen atoms in total. The highest BCUT2D eigenvalue weighted by atomic mass is 16.5. The molecule has 0 radical (unpaired) electrons. The second-order valence-electron chi connectivity index (χ2n) is 5.82. The molecule has 1 aromatic carbocycles. The molecule has 0 unspecified atom stereocenters. The molecule has 0 fully saturated rings. The molecular weight excluding hydrogens is 248 g/mol. The monoisotopic (exact) mass is 266 g/mol. The predicted octanol–water partition coefficient (Wildman–Crippen LogP) is 4.35. The van der Waals surface area contributed by atoms with Gasteiger partial charge in [0.15, 0.2) is 0 Å². The number of ether oxygens (including phenoxy) is 1. The summed E-state index contributed by atoms with van der Waals surface area (Å²) in [5.74, 6) is 1.23. The lowest BCUT2D eigenvalue weighted by atomic mass is 9.85. The summed E-state index contributed by atoms with van der Waals surface area (Å²) in [7, 11) is 0. The highest BCUT2D eigenvalue weighted by Gasteiger charge is 2.19. The fourth-order valence-corrected chi connectivity index (χ4v) is 1.97. The standard InChI is InChI=1S/C17H18N2O/c1-12-8-9-15(14(10-12)17(2,3)4)20-16-7-5-6-13(11-18)19-16/h5-10H,1-4H3. The van der Waals surface area contributed by atoms with Gasteiger partial charge in [-0.3, -0.25) is 0 Å². The normalized spacial score (nSPS) is 10.9. The zero-order chi connectivity index (χ0) is 14.8. The van der Waals surface area contributed by atoms with Gasteiger partial charge in [-0.2, -0.15) is 5.26 Å². The van der Waals surface area contributed by atoms with E-state index < -0.39 is 0 Å². The van der Waals surface area contributed by atoms with Gasteiger partial charge in [0.05, 0.1) is 0 Å². The third-order valence-electron chi connectivity index (χ3n) is 3.00. The maximum Gasteiger partial charge on any atom is 0.220 e. The molecule has 20 heavy (non-hydrogen) atoms. The van der Waals surface area contributed by atoms with Crippen molar-refractivity contribution in [3.63, 3.8) is 0 Å². The number of aryl methyl sites for hydroxylation is 1. The summed E-state index contributed by atoms with van der Waals surface area (Å²) in [6.45, 7) is 8.50. The van der Waals surface area contributed by atoms with E-state index in [9.17, 15) is 0 Å². The third-order valence-corrected chi connectivity index (χ3v) is 3.00. The molecule has 102 valence electrons. The van der Waals surface area contributed by atoms with Crippen LogP contribution in [-0.2, 0) is 5.41 Å². The van der Waals surface area contributed by atoms with E-state index in [1.54, 1.807) is 18.2 Å². The van der Waals surface area contributed by atoms with Gasteiger partial charge in [0.25, 0.3) is 0 Å². The van der Waals surface area contributed by atoms with Gasteiger partial charge in [-0.1, -0.05) is 44.5 Å². The number of rotatable bonds is 2. The van der Waals surface area contributed by atoms with E-state index in [1.807, 2.05) is 18.2 Å². The van der Waals surface area contributed by atoms with Gasteiger partial charge in [-0.05, 0) is 24.5 Å². The average Bonchev–Trinajstić information content (AvgIpc) is 2.40. The lowest BCUT2D eigenvalue weighted by Crippen LogP contribution is -2.13. The van der Waals surface area contributed by atoms with E-state index in [1.165, 1.54) is 5.56 Å². The van der Waals surface area contributed by atoms with Crippen LogP contribution in [0.15, 0.2) is 36.4 Å². The molecule has 0 saturated carbocycles. The fraction of sp³-hybridized carbons (Fsp3) is 0.294. The third kappa shape index (κ3) is 3.16. The highest BCUT2D eigenvalue weighted by molar-refractivity contribution is 5.43. The summed E-state index contributed by atoms with van der Waals surface area (Å²) in [4.78, 5) is 4.15. The SMILES string of the molecule is Cc1ccc(Oc2cccc(C#N)n2)c(C(C)(C)C)c1. The Morgan fingerprint density at radius 3 is 2.55 bits per heavy atom. The fourth-order valence-electron chi connectivity index (χ4n) is 1.97. The summed E-state index contributed by atoms with van der Waals surface area (Å²) in [6.07, 6.45) is 0. The minimum Gasteiger partial charge on any atom is -0.439 e. The van der Waals surface area contributed by atoms with Crippen molar-refractivity contribution in [2.24, 2.45) is 0 Å². The molecule has 0 spiro atoms. The number of benzene rings is 1. The Morgan fingerprint density at radius 2 is 1.90 bits per heavy atom. The first-order chi connectivity index (χ1) is 9.40. The molecule has 2 aromatic rings. The first-order valence-electron chi connectivity index (χ1n) is 6.56. The van der Waals surface area contributed by atoms with Gasteiger partial charge >= 0.3 is 0 Å². The van der Waals surface area contributed by atoms with Crippen molar-refractivity contribution in [1.29, 1.82) is 5.26 Å². The van der Waals surface area contributed by atoms with Gasteiger partial charge in [-0.15, -0.1) is 0 Å². The van der Waals surface area contributed by atoms with Crippen LogP contribution in [0.25, 0.3) is 0 Å². The largest absolute Gasteiger partial charge is 0.439 e. The number of hydrogen-bond donors (Lipinski definition) is 0. The van der Waals surface area contributed by atoms with Gasteiger partial charge < -0.3 is 4.74 Å². The smallest absolute Gasteiger partial charge is 0.220 e. The van der Waals surface area contributed by atoms with E-state index in [4.69, 9.17) is 10.00 Å². The molecule has 1 heterocycles. The van der Waals surface area contributed by atoms with Crippen LogP contribution in [0.3, 0.4) is 0 Å². The van der Waals surface area contributed by atoms with Crippen LogP contribution in [0.4, 0.5) is 0 Å². The number of nitriles is 1. The second-order valence-corrected chi connectivity index (χ2v) is 5.82. The van der Waals surface area contributed by atoms with Gasteiger partial charge in [-0.25, -0.2) is 4.98 Å². The molecular formula is C17H18N2O. The zero-order valence-electron chi connectivity index (χ0n) is 12.3. The summed E-state index contributed by atoms with van der Waals surface area (Å²) in [6, 6.07) is 13.3. The van der Waals surface area contributed by atoms with E-state index in [-0.39, 0.29) is 5.41 Å². The first-order valence-corrected chi connectivity index (χ1v) is 6.56. The molecule has 0 aliphatic rings. The van der Waals surface area contributed by atoms with Crippen LogP contribution in [0.5, 0.6) is 11.6 Å². The van der Waals surface area contributed by atoms with Crippen molar-refractivity contribution in [2.75, 3.05) is 0 Å². The van der Waals surface area contributed by atoms with Crippen LogP contribution < -0.4 is 4.74 Å². The molecule has 0 atom stereocenters. The molecule has 2 rings (SSSR count). The summed E-state index contributed by atoms with van der Waals surface area (Å²) in [5.41, 5.74) is 2.66. The van der Waals surface area contributed by atoms with E-state index in [0.29, 0.717) is 11.6 Å². The van der Waals surface area contributed by atoms with Crippen LogP contribution in [0.2, 0.25) is 0 Å². The molecule has 0 amide bonds. The molecule has 3 heteroatoms. The van der Waals surface area contributed by atoms with Crippen LogP contribution in [-0.4, -0.2) is 4.98 Å². The Bertz CT molecular complexity index is 663. The molecule has 1 aromatic heterocycles. The zero-order valence-corrected chi connectivity index (χ0v) is 12.3. The van der Waals surface area contributed by atoms with E-state index in [0.717, 1.165) is 11.3 Å². The average molecular weight is 266 g/mol. The predicted molar refractivity (Wildman–Crippen MR) is 78.9 cm³/mol. The Balaban J connectivity index is 2.41. The maximum absolute atomic E-state index is 8.88. The van der Waals surface area contributed by atoms with Crippen molar-refractivity contribution >= 4 is 0 Å². The van der Waals surface area contributed by atoms with Gasteiger partial charge in [0, 0.05) is 11.6 Å².